The number of hydrogen-bond acceptors (Lipinski definition) is 4. The molecule has 1 aromatic carbocycles. The third kappa shape index (κ3) is 4.27. The molecule has 120 valence electrons. The quantitative estimate of drug-likeness (QED) is 0.831. The second-order valence-corrected chi connectivity index (χ2v) is 6.40. The number of rotatable bonds is 4. The van der Waals surface area contributed by atoms with Crippen LogP contribution < -0.4 is 10.6 Å². The van der Waals surface area contributed by atoms with Gasteiger partial charge in [-0.25, -0.2) is 4.39 Å². The van der Waals surface area contributed by atoms with Gasteiger partial charge in [0, 0.05) is 12.0 Å². The van der Waals surface area contributed by atoms with Crippen molar-refractivity contribution in [3.63, 3.8) is 0 Å². The maximum absolute atomic E-state index is 13.1. The molecule has 0 aromatic heterocycles. The van der Waals surface area contributed by atoms with E-state index >= 15 is 0 Å². The zero-order valence-corrected chi connectivity index (χ0v) is 13.0. The molecule has 1 aromatic rings. The SMILES string of the molecule is CC(C)(C)NC(=O)[C@H](N[C@H]1CCOC1=O)c1ccc(F)cc1. The molecule has 5 nitrogen and oxygen atoms in total. The van der Waals surface area contributed by atoms with Crippen molar-refractivity contribution in [2.45, 2.75) is 44.8 Å². The van der Waals surface area contributed by atoms with Crippen LogP contribution in [0.15, 0.2) is 24.3 Å². The summed E-state index contributed by atoms with van der Waals surface area (Å²) >= 11 is 0. The molecule has 2 rings (SSSR count). The highest BCUT2D eigenvalue weighted by atomic mass is 19.1. The van der Waals surface area contributed by atoms with Crippen LogP contribution in [-0.4, -0.2) is 30.1 Å². The molecule has 1 aliphatic rings. The van der Waals surface area contributed by atoms with Crippen molar-refractivity contribution in [3.8, 4) is 0 Å². The molecule has 1 saturated heterocycles. The van der Waals surface area contributed by atoms with Gasteiger partial charge < -0.3 is 10.1 Å². The lowest BCUT2D eigenvalue weighted by Crippen LogP contribution is -2.49. The minimum Gasteiger partial charge on any atom is -0.464 e. The summed E-state index contributed by atoms with van der Waals surface area (Å²) in [5, 5.41) is 5.89. The first-order chi connectivity index (χ1) is 10.3. The highest BCUT2D eigenvalue weighted by Crippen LogP contribution is 2.19. The summed E-state index contributed by atoms with van der Waals surface area (Å²) in [6, 6.07) is 4.39. The van der Waals surface area contributed by atoms with Gasteiger partial charge in [-0.15, -0.1) is 0 Å². The van der Waals surface area contributed by atoms with Gasteiger partial charge in [-0.3, -0.25) is 14.9 Å². The summed E-state index contributed by atoms with van der Waals surface area (Å²) in [5.74, 6) is -1.01. The maximum Gasteiger partial charge on any atom is 0.323 e. The van der Waals surface area contributed by atoms with Crippen molar-refractivity contribution in [2.75, 3.05) is 6.61 Å². The minimum atomic E-state index is -0.740. The van der Waals surface area contributed by atoms with Gasteiger partial charge in [0.15, 0.2) is 0 Å². The molecule has 0 aliphatic carbocycles. The standard InChI is InChI=1S/C16H21FN2O3/c1-16(2,3)19-14(20)13(10-4-6-11(17)7-5-10)18-12-8-9-22-15(12)21/h4-7,12-13,18H,8-9H2,1-3H3,(H,19,20)/t12-,13+/m0/s1. The molecule has 6 heteroatoms. The van der Waals surface area contributed by atoms with Crippen LogP contribution in [0.4, 0.5) is 4.39 Å². The van der Waals surface area contributed by atoms with Gasteiger partial charge in [-0.2, -0.15) is 0 Å². The molecule has 0 saturated carbocycles. The van der Waals surface area contributed by atoms with Crippen LogP contribution in [0.3, 0.4) is 0 Å². The van der Waals surface area contributed by atoms with E-state index in [4.69, 9.17) is 4.74 Å². The van der Waals surface area contributed by atoms with Crippen molar-refractivity contribution in [1.29, 1.82) is 0 Å². The molecule has 0 spiro atoms. The fourth-order valence-corrected chi connectivity index (χ4v) is 2.27. The lowest BCUT2D eigenvalue weighted by Gasteiger charge is -2.27. The van der Waals surface area contributed by atoms with E-state index in [0.717, 1.165) is 0 Å². The van der Waals surface area contributed by atoms with Gasteiger partial charge in [0.1, 0.15) is 17.9 Å². The van der Waals surface area contributed by atoms with E-state index in [0.29, 0.717) is 18.6 Å². The van der Waals surface area contributed by atoms with E-state index in [9.17, 15) is 14.0 Å². The van der Waals surface area contributed by atoms with Crippen LogP contribution in [0.1, 0.15) is 38.8 Å². The number of esters is 1. The van der Waals surface area contributed by atoms with Crippen LogP contribution in [-0.2, 0) is 14.3 Å². The van der Waals surface area contributed by atoms with E-state index in [1.165, 1.54) is 24.3 Å². The molecule has 0 unspecified atom stereocenters. The number of hydrogen-bond donors (Lipinski definition) is 2. The Morgan fingerprint density at radius 1 is 1.32 bits per heavy atom. The predicted octanol–water partition coefficient (Wildman–Crippen LogP) is 1.69. The van der Waals surface area contributed by atoms with Gasteiger partial charge in [0.25, 0.3) is 0 Å². The van der Waals surface area contributed by atoms with Gasteiger partial charge in [0.05, 0.1) is 6.61 Å². The smallest absolute Gasteiger partial charge is 0.323 e. The van der Waals surface area contributed by atoms with Crippen LogP contribution in [0, 0.1) is 5.82 Å². The first kappa shape index (κ1) is 16.4. The topological polar surface area (TPSA) is 67.4 Å². The normalized spacial score (nSPS) is 19.6. The Morgan fingerprint density at radius 2 is 1.95 bits per heavy atom. The van der Waals surface area contributed by atoms with E-state index < -0.39 is 17.6 Å². The second kappa shape index (κ2) is 6.44. The Balaban J connectivity index is 2.21. The molecule has 1 fully saturated rings. The van der Waals surface area contributed by atoms with Crippen molar-refractivity contribution in [2.24, 2.45) is 0 Å². The molecule has 1 amide bonds. The summed E-state index contributed by atoms with van der Waals surface area (Å²) in [5.41, 5.74) is 0.190. The molecule has 2 N–H and O–H groups in total. The number of amides is 1. The van der Waals surface area contributed by atoms with E-state index in [2.05, 4.69) is 10.6 Å². The Bertz CT molecular complexity index is 552. The molecular weight excluding hydrogens is 287 g/mol. The van der Waals surface area contributed by atoms with Gasteiger partial charge in [-0.1, -0.05) is 12.1 Å². The average Bonchev–Trinajstić information content (AvgIpc) is 2.80. The number of halogens is 1. The summed E-state index contributed by atoms with van der Waals surface area (Å²) in [4.78, 5) is 24.1. The Hall–Kier alpha value is -1.95. The van der Waals surface area contributed by atoms with E-state index in [-0.39, 0.29) is 17.7 Å². The zero-order valence-electron chi connectivity index (χ0n) is 13.0. The Labute approximate surface area is 129 Å². The third-order valence-corrected chi connectivity index (χ3v) is 3.27. The van der Waals surface area contributed by atoms with Crippen LogP contribution in [0.25, 0.3) is 0 Å². The van der Waals surface area contributed by atoms with Crippen LogP contribution >= 0.6 is 0 Å². The van der Waals surface area contributed by atoms with Crippen LogP contribution in [0.2, 0.25) is 0 Å². The van der Waals surface area contributed by atoms with Crippen LogP contribution in [0.5, 0.6) is 0 Å². The number of benzene rings is 1. The van der Waals surface area contributed by atoms with Crippen molar-refractivity contribution in [3.05, 3.63) is 35.6 Å². The number of ether oxygens (including phenoxy) is 1. The minimum absolute atomic E-state index is 0.265. The lowest BCUT2D eigenvalue weighted by atomic mass is 10.0. The van der Waals surface area contributed by atoms with Crippen molar-refractivity contribution >= 4 is 11.9 Å². The summed E-state index contributed by atoms with van der Waals surface area (Å²) in [7, 11) is 0. The highest BCUT2D eigenvalue weighted by Gasteiger charge is 2.33. The molecule has 0 radical (unpaired) electrons. The fraction of sp³-hybridized carbons (Fsp3) is 0.500. The van der Waals surface area contributed by atoms with Crippen molar-refractivity contribution < 1.29 is 18.7 Å². The summed E-state index contributed by atoms with van der Waals surface area (Å²) in [6.07, 6.45) is 0.513. The Morgan fingerprint density at radius 3 is 2.45 bits per heavy atom. The number of cyclic esters (lactones) is 1. The fourth-order valence-electron chi connectivity index (χ4n) is 2.27. The largest absolute Gasteiger partial charge is 0.464 e. The first-order valence-electron chi connectivity index (χ1n) is 7.26. The Kier molecular flexibility index (Phi) is 4.81. The molecule has 2 atom stereocenters. The van der Waals surface area contributed by atoms with Gasteiger partial charge in [-0.05, 0) is 38.5 Å². The van der Waals surface area contributed by atoms with Gasteiger partial charge in [0.2, 0.25) is 5.91 Å². The zero-order chi connectivity index (χ0) is 16.3. The molecule has 22 heavy (non-hydrogen) atoms. The monoisotopic (exact) mass is 308 g/mol. The molecule has 0 bridgehead atoms. The first-order valence-corrected chi connectivity index (χ1v) is 7.26. The number of nitrogens with one attached hydrogen (secondary N) is 2. The molecular formula is C16H21FN2O3. The summed E-state index contributed by atoms with van der Waals surface area (Å²) in [6.45, 7) is 5.96. The van der Waals surface area contributed by atoms with E-state index in [1.807, 2.05) is 20.8 Å². The lowest BCUT2D eigenvalue weighted by molar-refractivity contribution is -0.140. The van der Waals surface area contributed by atoms with Gasteiger partial charge >= 0.3 is 5.97 Å². The average molecular weight is 308 g/mol. The van der Waals surface area contributed by atoms with E-state index in [1.54, 1.807) is 0 Å². The summed E-state index contributed by atoms with van der Waals surface area (Å²) < 4.78 is 18.0. The number of carbonyl (C=O) groups excluding carboxylic acids is 2. The highest BCUT2D eigenvalue weighted by molar-refractivity contribution is 5.85. The predicted molar refractivity (Wildman–Crippen MR) is 79.5 cm³/mol. The molecule has 1 aliphatic heterocycles. The molecule has 1 heterocycles. The number of carbonyl (C=O) groups is 2. The maximum atomic E-state index is 13.1. The second-order valence-electron chi connectivity index (χ2n) is 6.40. The van der Waals surface area contributed by atoms with Crippen molar-refractivity contribution in [1.82, 2.24) is 10.6 Å². The third-order valence-electron chi connectivity index (χ3n) is 3.27.